The van der Waals surface area contributed by atoms with Crippen molar-refractivity contribution in [2.75, 3.05) is 4.90 Å². The Morgan fingerprint density at radius 3 is 2.24 bits per heavy atom. The molecule has 0 aliphatic carbocycles. The van der Waals surface area contributed by atoms with Crippen molar-refractivity contribution in [2.24, 2.45) is 4.99 Å². The van der Waals surface area contributed by atoms with Gasteiger partial charge in [0.1, 0.15) is 12.3 Å². The molecule has 0 spiro atoms. The third kappa shape index (κ3) is 3.00. The third-order valence-electron chi connectivity index (χ3n) is 2.18. The lowest BCUT2D eigenvalue weighted by molar-refractivity contribution is -0.126. The molecule has 17 heavy (non-hydrogen) atoms. The highest BCUT2D eigenvalue weighted by Gasteiger charge is 2.25. The summed E-state index contributed by atoms with van der Waals surface area (Å²) in [6.45, 7) is 5.65. The quantitative estimate of drug-likeness (QED) is 0.698. The second-order valence-corrected chi connectivity index (χ2v) is 3.29. The number of amidine groups is 1. The largest absolute Gasteiger partial charge is 0.273 e. The highest BCUT2D eigenvalue weighted by Crippen LogP contribution is 2.18. The number of carbonyl (C=O) groups excluding carboxylic acids is 2. The summed E-state index contributed by atoms with van der Waals surface area (Å²) in [5.74, 6) is -0.161. The monoisotopic (exact) mass is 232 g/mol. The van der Waals surface area contributed by atoms with Crippen LogP contribution in [0.4, 0.5) is 5.69 Å². The van der Waals surface area contributed by atoms with Gasteiger partial charge < -0.3 is 0 Å². The second kappa shape index (κ2) is 5.94. The molecule has 90 valence electrons. The summed E-state index contributed by atoms with van der Waals surface area (Å²) in [5.41, 5.74) is 0.747. The van der Waals surface area contributed by atoms with Crippen LogP contribution in [0, 0.1) is 0 Å². The smallest absolute Gasteiger partial charge is 0.256 e. The van der Waals surface area contributed by atoms with Crippen LogP contribution in [0.25, 0.3) is 0 Å². The summed E-state index contributed by atoms with van der Waals surface area (Å²) >= 11 is 0. The van der Waals surface area contributed by atoms with Gasteiger partial charge in [0.25, 0.3) is 5.91 Å². The first-order valence-corrected chi connectivity index (χ1v) is 5.64. The molecule has 0 saturated carbocycles. The number of hydrogen-bond acceptors (Lipinski definition) is 2. The second-order valence-electron chi connectivity index (χ2n) is 3.29. The molecule has 0 atom stereocenters. The van der Waals surface area contributed by atoms with Gasteiger partial charge in [-0.1, -0.05) is 32.0 Å². The van der Waals surface area contributed by atoms with Gasteiger partial charge in [0.05, 0.1) is 5.69 Å². The molecule has 4 nitrogen and oxygen atoms in total. The van der Waals surface area contributed by atoms with Gasteiger partial charge in [0, 0.05) is 0 Å². The molecule has 0 bridgehead atoms. The van der Waals surface area contributed by atoms with Gasteiger partial charge in [0.2, 0.25) is 5.91 Å². The first-order valence-electron chi connectivity index (χ1n) is 5.64. The normalized spacial score (nSPS) is 15.0. The van der Waals surface area contributed by atoms with Crippen LogP contribution in [0.1, 0.15) is 27.2 Å². The van der Waals surface area contributed by atoms with E-state index in [4.69, 9.17) is 0 Å². The van der Waals surface area contributed by atoms with Crippen LogP contribution in [-0.2, 0) is 9.59 Å². The standard InChI is InChI=1S/C11H10N2O2.C2H6/c1-8-12-10(14)7-11(15)13(8)9-5-3-2-4-6-9;1-2/h2-6H,7H2,1H3;1-2H3. The predicted molar refractivity (Wildman–Crippen MR) is 68.0 cm³/mol. The van der Waals surface area contributed by atoms with E-state index < -0.39 is 0 Å². The van der Waals surface area contributed by atoms with Crippen LogP contribution in [0.5, 0.6) is 0 Å². The van der Waals surface area contributed by atoms with Crippen LogP contribution in [0.15, 0.2) is 35.3 Å². The number of carbonyl (C=O) groups is 2. The Balaban J connectivity index is 0.000000686. The highest BCUT2D eigenvalue weighted by atomic mass is 16.2. The Hall–Kier alpha value is -1.97. The van der Waals surface area contributed by atoms with Gasteiger partial charge in [-0.15, -0.1) is 0 Å². The maximum absolute atomic E-state index is 11.6. The van der Waals surface area contributed by atoms with Gasteiger partial charge in [-0.2, -0.15) is 4.99 Å². The molecule has 0 unspecified atom stereocenters. The van der Waals surface area contributed by atoms with E-state index in [0.29, 0.717) is 5.84 Å². The fourth-order valence-corrected chi connectivity index (χ4v) is 1.57. The predicted octanol–water partition coefficient (Wildman–Crippen LogP) is 2.39. The van der Waals surface area contributed by atoms with E-state index in [9.17, 15) is 9.59 Å². The van der Waals surface area contributed by atoms with Crippen molar-refractivity contribution in [3.05, 3.63) is 30.3 Å². The lowest BCUT2D eigenvalue weighted by Crippen LogP contribution is -2.40. The number of rotatable bonds is 1. The number of nitrogens with zero attached hydrogens (tertiary/aromatic N) is 2. The van der Waals surface area contributed by atoms with Crippen LogP contribution < -0.4 is 4.90 Å². The summed E-state index contributed by atoms with van der Waals surface area (Å²) in [4.78, 5) is 27.9. The minimum absolute atomic E-state index is 0.147. The van der Waals surface area contributed by atoms with E-state index in [0.717, 1.165) is 5.69 Å². The third-order valence-corrected chi connectivity index (χ3v) is 2.18. The molecule has 0 aromatic heterocycles. The van der Waals surface area contributed by atoms with Crippen molar-refractivity contribution in [1.82, 2.24) is 0 Å². The number of para-hydroxylation sites is 1. The zero-order valence-corrected chi connectivity index (χ0v) is 10.3. The fourth-order valence-electron chi connectivity index (χ4n) is 1.57. The van der Waals surface area contributed by atoms with Crippen LogP contribution in [0.3, 0.4) is 0 Å². The molecule has 1 aliphatic rings. The minimum atomic E-state index is -0.371. The Morgan fingerprint density at radius 1 is 1.12 bits per heavy atom. The molecule has 0 saturated heterocycles. The lowest BCUT2D eigenvalue weighted by atomic mass is 10.2. The molecule has 0 fully saturated rings. The Bertz CT molecular complexity index is 438. The average molecular weight is 232 g/mol. The molecule has 1 aromatic rings. The van der Waals surface area contributed by atoms with Crippen LogP contribution in [-0.4, -0.2) is 17.6 Å². The molecule has 0 N–H and O–H groups in total. The highest BCUT2D eigenvalue weighted by molar-refractivity contribution is 6.25. The molecular weight excluding hydrogens is 216 g/mol. The molecular formula is C13H16N2O2. The summed E-state index contributed by atoms with van der Waals surface area (Å²) in [5, 5.41) is 0. The van der Waals surface area contributed by atoms with E-state index in [1.807, 2.05) is 44.2 Å². The molecule has 2 amide bonds. The zero-order valence-electron chi connectivity index (χ0n) is 10.3. The van der Waals surface area contributed by atoms with E-state index in [2.05, 4.69) is 4.99 Å². The summed E-state index contributed by atoms with van der Waals surface area (Å²) < 4.78 is 0. The van der Waals surface area contributed by atoms with Crippen LogP contribution in [0.2, 0.25) is 0 Å². The van der Waals surface area contributed by atoms with Crippen molar-refractivity contribution in [3.63, 3.8) is 0 Å². The molecule has 4 heteroatoms. The SMILES string of the molecule is CC.CC1=NC(=O)CC(=O)N1c1ccccc1. The average Bonchev–Trinajstić information content (AvgIpc) is 2.31. The van der Waals surface area contributed by atoms with Gasteiger partial charge >= 0.3 is 0 Å². The number of aliphatic imine (C=N–C) groups is 1. The van der Waals surface area contributed by atoms with Crippen molar-refractivity contribution in [2.45, 2.75) is 27.2 Å². The van der Waals surface area contributed by atoms with Gasteiger partial charge in [-0.05, 0) is 19.1 Å². The number of amides is 2. The van der Waals surface area contributed by atoms with E-state index in [-0.39, 0.29) is 18.2 Å². The molecule has 1 aliphatic heterocycles. The molecule has 1 aromatic carbocycles. The van der Waals surface area contributed by atoms with Crippen molar-refractivity contribution in [3.8, 4) is 0 Å². The number of hydrogen-bond donors (Lipinski definition) is 0. The maximum Gasteiger partial charge on any atom is 0.256 e. The van der Waals surface area contributed by atoms with Gasteiger partial charge in [-0.25, -0.2) is 0 Å². The topological polar surface area (TPSA) is 49.7 Å². The lowest BCUT2D eigenvalue weighted by Gasteiger charge is -2.24. The van der Waals surface area contributed by atoms with Crippen molar-refractivity contribution < 1.29 is 9.59 Å². The van der Waals surface area contributed by atoms with Gasteiger partial charge in [0.15, 0.2) is 0 Å². The molecule has 1 heterocycles. The Morgan fingerprint density at radius 2 is 1.71 bits per heavy atom. The summed E-state index contributed by atoms with van der Waals surface area (Å²) in [6.07, 6.45) is -0.147. The first kappa shape index (κ1) is 13.1. The number of benzene rings is 1. The van der Waals surface area contributed by atoms with Gasteiger partial charge in [-0.3, -0.25) is 14.5 Å². The maximum atomic E-state index is 11.6. The minimum Gasteiger partial charge on any atom is -0.273 e. The van der Waals surface area contributed by atoms with E-state index in [1.54, 1.807) is 6.92 Å². The van der Waals surface area contributed by atoms with E-state index in [1.165, 1.54) is 4.90 Å². The summed E-state index contributed by atoms with van der Waals surface area (Å²) in [7, 11) is 0. The first-order chi connectivity index (χ1) is 8.18. The number of anilines is 1. The molecule has 0 radical (unpaired) electrons. The zero-order chi connectivity index (χ0) is 12.8. The van der Waals surface area contributed by atoms with Crippen LogP contribution >= 0.6 is 0 Å². The summed E-state index contributed by atoms with van der Waals surface area (Å²) in [6, 6.07) is 9.17. The molecule has 2 rings (SSSR count). The Kier molecular flexibility index (Phi) is 4.57. The van der Waals surface area contributed by atoms with E-state index >= 15 is 0 Å². The van der Waals surface area contributed by atoms with Crippen molar-refractivity contribution in [1.29, 1.82) is 0 Å². The van der Waals surface area contributed by atoms with Crippen molar-refractivity contribution >= 4 is 23.3 Å². The fraction of sp³-hybridized carbons (Fsp3) is 0.308. The Labute approximate surface area is 101 Å².